The first-order chi connectivity index (χ1) is 5.66. The third kappa shape index (κ3) is 2.31. The van der Waals surface area contributed by atoms with E-state index in [0.717, 1.165) is 0 Å². The van der Waals surface area contributed by atoms with Crippen LogP contribution in [-0.2, 0) is 18.0 Å². The van der Waals surface area contributed by atoms with E-state index in [1.165, 1.54) is 6.26 Å². The molecule has 1 atom stereocenters. The normalized spacial score (nSPS) is 14.0. The highest BCUT2D eigenvalue weighted by Gasteiger charge is 2.46. The summed E-state index contributed by atoms with van der Waals surface area (Å²) in [6.07, 6.45) is 1.35. The highest BCUT2D eigenvalue weighted by Crippen LogP contribution is 2.14. The van der Waals surface area contributed by atoms with Gasteiger partial charge in [-0.05, 0) is 6.92 Å². The van der Waals surface area contributed by atoms with Crippen LogP contribution in [0.1, 0.15) is 6.92 Å². The molecule has 0 saturated carbocycles. The Morgan fingerprint density at radius 2 is 1.58 bits per heavy atom. The molecule has 0 bridgehead atoms. The van der Waals surface area contributed by atoms with Gasteiger partial charge in [0.1, 0.15) is 0 Å². The van der Waals surface area contributed by atoms with Crippen molar-refractivity contribution in [2.45, 2.75) is 12.7 Å². The largest absolute Gasteiger partial charge is 0.542 e. The molecule has 0 aliphatic rings. The molecule has 0 rings (SSSR count). The van der Waals surface area contributed by atoms with E-state index in [9.17, 15) is 0 Å². The Bertz CT molecular complexity index is 127. The Hall–Kier alpha value is -0.363. The molecule has 0 aliphatic carbocycles. The minimum Gasteiger partial charge on any atom is -0.494 e. The van der Waals surface area contributed by atoms with Crippen LogP contribution >= 0.6 is 0 Å². The van der Waals surface area contributed by atoms with Crippen LogP contribution < -0.4 is 0 Å². The van der Waals surface area contributed by atoms with E-state index >= 15 is 0 Å². The van der Waals surface area contributed by atoms with Gasteiger partial charge in [0.2, 0.25) is 0 Å². The molecule has 0 radical (unpaired) electrons. The standard InChI is InChI=1S/C7H16O4Si/c1-6-11-7(2)12(8-3,9-4)10-5/h6-7H,1H2,2-5H3. The lowest BCUT2D eigenvalue weighted by Crippen LogP contribution is -2.53. The summed E-state index contributed by atoms with van der Waals surface area (Å²) < 4.78 is 20.6. The van der Waals surface area contributed by atoms with E-state index < -0.39 is 8.80 Å². The van der Waals surface area contributed by atoms with Crippen molar-refractivity contribution < 1.29 is 18.0 Å². The summed E-state index contributed by atoms with van der Waals surface area (Å²) in [6.45, 7) is 5.27. The molecule has 0 aromatic carbocycles. The molecule has 72 valence electrons. The Morgan fingerprint density at radius 1 is 1.17 bits per heavy atom. The van der Waals surface area contributed by atoms with Gasteiger partial charge in [0.05, 0.1) is 6.26 Å². The molecule has 0 fully saturated rings. The van der Waals surface area contributed by atoms with Crippen molar-refractivity contribution in [2.24, 2.45) is 0 Å². The molecular weight excluding hydrogens is 176 g/mol. The molecule has 0 aliphatic heterocycles. The average molecular weight is 192 g/mol. The molecular formula is C7H16O4Si. The lowest BCUT2D eigenvalue weighted by atomic mass is 10.8. The summed E-state index contributed by atoms with van der Waals surface area (Å²) in [4.78, 5) is 0. The molecule has 0 aromatic heterocycles. The smallest absolute Gasteiger partial charge is 0.494 e. The molecule has 0 N–H and O–H groups in total. The monoisotopic (exact) mass is 192 g/mol. The van der Waals surface area contributed by atoms with Crippen molar-refractivity contribution in [2.75, 3.05) is 21.3 Å². The molecule has 0 saturated heterocycles. The number of rotatable bonds is 6. The maximum atomic E-state index is 5.17. The Balaban J connectivity index is 4.34. The predicted molar refractivity (Wildman–Crippen MR) is 47.5 cm³/mol. The first-order valence-electron chi connectivity index (χ1n) is 3.58. The third-order valence-corrected chi connectivity index (χ3v) is 4.49. The zero-order chi connectivity index (χ0) is 9.61. The summed E-state index contributed by atoms with van der Waals surface area (Å²) in [7, 11) is 2.00. The SMILES string of the molecule is C=COC(C)[Si](OC)(OC)OC. The first kappa shape index (κ1) is 11.6. The van der Waals surface area contributed by atoms with Gasteiger partial charge in [0, 0.05) is 21.3 Å². The zero-order valence-electron chi connectivity index (χ0n) is 7.99. The number of hydrogen-bond donors (Lipinski definition) is 0. The zero-order valence-corrected chi connectivity index (χ0v) is 8.99. The fourth-order valence-corrected chi connectivity index (χ4v) is 2.73. The van der Waals surface area contributed by atoms with Crippen molar-refractivity contribution in [1.82, 2.24) is 0 Å². The third-order valence-electron chi connectivity index (χ3n) is 1.65. The van der Waals surface area contributed by atoms with Gasteiger partial charge in [-0.3, -0.25) is 0 Å². The molecule has 1 unspecified atom stereocenters. The maximum Gasteiger partial charge on any atom is 0.542 e. The number of ether oxygens (including phenoxy) is 1. The van der Waals surface area contributed by atoms with Crippen LogP contribution in [0, 0.1) is 0 Å². The molecule has 4 nitrogen and oxygen atoms in total. The van der Waals surface area contributed by atoms with E-state index in [2.05, 4.69) is 6.58 Å². The topological polar surface area (TPSA) is 36.9 Å². The minimum atomic E-state index is -2.64. The molecule has 5 heteroatoms. The Labute approximate surface area is 74.4 Å². The van der Waals surface area contributed by atoms with E-state index in [0.29, 0.717) is 0 Å². The molecule has 0 aromatic rings. The summed E-state index contributed by atoms with van der Waals surface area (Å²) >= 11 is 0. The van der Waals surface area contributed by atoms with Gasteiger partial charge in [-0.2, -0.15) is 0 Å². The van der Waals surface area contributed by atoms with Crippen molar-refractivity contribution in [3.63, 3.8) is 0 Å². The van der Waals surface area contributed by atoms with E-state index in [1.54, 1.807) is 21.3 Å². The summed E-state index contributed by atoms with van der Waals surface area (Å²) in [5, 5.41) is 0. The second kappa shape index (κ2) is 5.31. The van der Waals surface area contributed by atoms with Crippen molar-refractivity contribution in [3.8, 4) is 0 Å². The molecule has 0 spiro atoms. The fraction of sp³-hybridized carbons (Fsp3) is 0.714. The maximum absolute atomic E-state index is 5.17. The summed E-state index contributed by atoms with van der Waals surface area (Å²) in [6, 6.07) is 0. The van der Waals surface area contributed by atoms with Crippen LogP contribution in [0.3, 0.4) is 0 Å². The Morgan fingerprint density at radius 3 is 1.83 bits per heavy atom. The number of hydrogen-bond acceptors (Lipinski definition) is 4. The first-order valence-corrected chi connectivity index (χ1v) is 5.38. The average Bonchev–Trinajstić information content (AvgIpc) is 2.09. The van der Waals surface area contributed by atoms with E-state index in [1.807, 2.05) is 6.92 Å². The van der Waals surface area contributed by atoms with Gasteiger partial charge in [0.15, 0.2) is 5.73 Å². The minimum absolute atomic E-state index is 0.241. The quantitative estimate of drug-likeness (QED) is 0.464. The van der Waals surface area contributed by atoms with Crippen LogP contribution in [0.25, 0.3) is 0 Å². The molecule has 12 heavy (non-hydrogen) atoms. The fourth-order valence-electron chi connectivity index (χ4n) is 0.976. The van der Waals surface area contributed by atoms with Crippen molar-refractivity contribution in [3.05, 3.63) is 12.8 Å². The molecule has 0 amide bonds. The Kier molecular flexibility index (Phi) is 5.15. The van der Waals surface area contributed by atoms with Gasteiger partial charge in [-0.25, -0.2) is 0 Å². The molecule has 0 heterocycles. The van der Waals surface area contributed by atoms with Gasteiger partial charge >= 0.3 is 8.80 Å². The van der Waals surface area contributed by atoms with Crippen molar-refractivity contribution in [1.29, 1.82) is 0 Å². The van der Waals surface area contributed by atoms with Crippen LogP contribution in [0.5, 0.6) is 0 Å². The van der Waals surface area contributed by atoms with Crippen LogP contribution in [0.15, 0.2) is 12.8 Å². The second-order valence-corrected chi connectivity index (χ2v) is 5.41. The van der Waals surface area contributed by atoms with Crippen LogP contribution in [0.4, 0.5) is 0 Å². The highest BCUT2D eigenvalue weighted by molar-refractivity contribution is 6.61. The van der Waals surface area contributed by atoms with E-state index in [4.69, 9.17) is 18.0 Å². The van der Waals surface area contributed by atoms with Crippen molar-refractivity contribution >= 4 is 8.80 Å². The lowest BCUT2D eigenvalue weighted by molar-refractivity contribution is 0.0583. The lowest BCUT2D eigenvalue weighted by Gasteiger charge is -2.28. The van der Waals surface area contributed by atoms with Crippen LogP contribution in [-0.4, -0.2) is 35.9 Å². The van der Waals surface area contributed by atoms with Gasteiger partial charge in [0.25, 0.3) is 0 Å². The highest BCUT2D eigenvalue weighted by atomic mass is 28.4. The van der Waals surface area contributed by atoms with Gasteiger partial charge in [-0.1, -0.05) is 6.58 Å². The summed E-state index contributed by atoms with van der Waals surface area (Å²) in [5.41, 5.74) is -0.241. The van der Waals surface area contributed by atoms with Gasteiger partial charge < -0.3 is 18.0 Å². The predicted octanol–water partition coefficient (Wildman–Crippen LogP) is 0.952. The second-order valence-electron chi connectivity index (χ2n) is 2.16. The summed E-state index contributed by atoms with van der Waals surface area (Å²) in [5.74, 6) is 0. The van der Waals surface area contributed by atoms with E-state index in [-0.39, 0.29) is 5.73 Å². The van der Waals surface area contributed by atoms with Gasteiger partial charge in [-0.15, -0.1) is 0 Å². The van der Waals surface area contributed by atoms with Crippen LogP contribution in [0.2, 0.25) is 0 Å².